The first-order chi connectivity index (χ1) is 14.2. The molecule has 4 N–H and O–H groups in total. The number of aryl methyl sites for hydroxylation is 1. The number of terminal acetylenes is 1. The average molecular weight is 414 g/mol. The summed E-state index contributed by atoms with van der Waals surface area (Å²) in [6.07, 6.45) is 10.3. The van der Waals surface area contributed by atoms with Crippen LogP contribution in [0.4, 0.5) is 5.69 Å². The summed E-state index contributed by atoms with van der Waals surface area (Å²) < 4.78 is 0. The first-order valence-corrected chi connectivity index (χ1v) is 10.8. The normalized spacial score (nSPS) is 20.6. The van der Waals surface area contributed by atoms with Gasteiger partial charge in [-0.2, -0.15) is 0 Å². The molecule has 0 radical (unpaired) electrons. The van der Waals surface area contributed by atoms with Crippen molar-refractivity contribution >= 4 is 11.6 Å². The van der Waals surface area contributed by atoms with Gasteiger partial charge in [0.05, 0.1) is 0 Å². The minimum Gasteiger partial charge on any atom is -0.355 e. The minimum atomic E-state index is -2.28. The maximum absolute atomic E-state index is 12.6. The molecule has 1 aromatic rings. The van der Waals surface area contributed by atoms with Gasteiger partial charge in [0.2, 0.25) is 11.8 Å². The maximum Gasteiger partial charge on any atom is 0.246 e. The van der Waals surface area contributed by atoms with Crippen LogP contribution in [0.2, 0.25) is 0 Å². The number of benzene rings is 1. The number of rotatable bonds is 9. The Morgan fingerprint density at radius 3 is 2.53 bits per heavy atom. The molecule has 0 spiro atoms. The molecule has 0 aliphatic carbocycles. The fourth-order valence-corrected chi connectivity index (χ4v) is 3.73. The summed E-state index contributed by atoms with van der Waals surface area (Å²) in [6.45, 7) is 8.91. The minimum absolute atomic E-state index is 0.0455. The maximum atomic E-state index is 12.6. The number of nitrogens with zero attached hydrogens (tertiary/aromatic N) is 1. The fourth-order valence-electron chi connectivity index (χ4n) is 3.73. The van der Waals surface area contributed by atoms with Crippen LogP contribution in [0.3, 0.4) is 0 Å². The Bertz CT molecular complexity index is 780. The standard InChI is InChI=1S/C24H35N3O3/c1-6-18-10-12-20(13-11-18)25-22(27-16-17(5)14-21(27)8-3)15-19(7-2)23(28)26-24(29,30)9-4/h2,10-13,15,17,19,21,25,29-30H,6,8-9,14,16H2,1,3-5H3,(H,26,28)/b22-15+/t17-,19?,21+/m1/s1. The molecule has 1 heterocycles. The second-order valence-corrected chi connectivity index (χ2v) is 8.09. The van der Waals surface area contributed by atoms with E-state index in [1.807, 2.05) is 12.1 Å². The lowest BCUT2D eigenvalue weighted by atomic mass is 10.1. The summed E-state index contributed by atoms with van der Waals surface area (Å²) in [6, 6.07) is 8.52. The fraction of sp³-hybridized carbons (Fsp3) is 0.542. The first-order valence-electron chi connectivity index (χ1n) is 10.8. The van der Waals surface area contributed by atoms with Crippen molar-refractivity contribution in [1.82, 2.24) is 10.2 Å². The molecule has 1 aliphatic rings. The third-order valence-electron chi connectivity index (χ3n) is 5.64. The number of hydrogen-bond acceptors (Lipinski definition) is 5. The van der Waals surface area contributed by atoms with Gasteiger partial charge in [-0.15, -0.1) is 6.42 Å². The van der Waals surface area contributed by atoms with Crippen LogP contribution in [-0.2, 0) is 11.2 Å². The van der Waals surface area contributed by atoms with E-state index in [9.17, 15) is 15.0 Å². The van der Waals surface area contributed by atoms with Crippen molar-refractivity contribution < 1.29 is 15.0 Å². The summed E-state index contributed by atoms with van der Waals surface area (Å²) in [5.41, 5.74) is 2.16. The van der Waals surface area contributed by atoms with Gasteiger partial charge in [0.25, 0.3) is 0 Å². The predicted octanol–water partition coefficient (Wildman–Crippen LogP) is 3.04. The second-order valence-electron chi connectivity index (χ2n) is 8.09. The van der Waals surface area contributed by atoms with E-state index in [-0.39, 0.29) is 6.42 Å². The Balaban J connectivity index is 2.35. The van der Waals surface area contributed by atoms with Crippen LogP contribution < -0.4 is 10.6 Å². The number of amides is 1. The highest BCUT2D eigenvalue weighted by Crippen LogP contribution is 2.30. The Morgan fingerprint density at radius 1 is 1.33 bits per heavy atom. The van der Waals surface area contributed by atoms with E-state index in [0.717, 1.165) is 37.3 Å². The number of likely N-dealkylation sites (tertiary alicyclic amines) is 1. The van der Waals surface area contributed by atoms with Crippen molar-refractivity contribution in [3.8, 4) is 12.3 Å². The van der Waals surface area contributed by atoms with Gasteiger partial charge < -0.3 is 25.7 Å². The topological polar surface area (TPSA) is 84.8 Å². The Kier molecular flexibility index (Phi) is 8.33. The predicted molar refractivity (Wildman–Crippen MR) is 120 cm³/mol. The van der Waals surface area contributed by atoms with E-state index in [2.05, 4.69) is 54.4 Å². The molecule has 6 heteroatoms. The average Bonchev–Trinajstić information content (AvgIpc) is 3.11. The summed E-state index contributed by atoms with van der Waals surface area (Å²) in [7, 11) is 0. The van der Waals surface area contributed by atoms with E-state index in [1.165, 1.54) is 5.56 Å². The van der Waals surface area contributed by atoms with Crippen molar-refractivity contribution in [2.75, 3.05) is 11.9 Å². The lowest BCUT2D eigenvalue weighted by Gasteiger charge is -2.30. The Morgan fingerprint density at radius 2 is 2.00 bits per heavy atom. The molecule has 3 atom stereocenters. The molecule has 0 bridgehead atoms. The van der Waals surface area contributed by atoms with Crippen LogP contribution in [0.25, 0.3) is 0 Å². The lowest BCUT2D eigenvalue weighted by Crippen LogP contribution is -2.49. The van der Waals surface area contributed by atoms with E-state index in [4.69, 9.17) is 6.42 Å². The van der Waals surface area contributed by atoms with Crippen LogP contribution in [0.5, 0.6) is 0 Å². The van der Waals surface area contributed by atoms with E-state index in [1.54, 1.807) is 13.0 Å². The number of carbonyl (C=O) groups excluding carboxylic acids is 1. The third-order valence-corrected chi connectivity index (χ3v) is 5.64. The van der Waals surface area contributed by atoms with Crippen LogP contribution in [0.1, 0.15) is 52.5 Å². The molecule has 1 amide bonds. The molecule has 164 valence electrons. The zero-order chi connectivity index (χ0) is 22.3. The summed E-state index contributed by atoms with van der Waals surface area (Å²) in [4.78, 5) is 14.9. The van der Waals surface area contributed by atoms with Gasteiger partial charge in [-0.3, -0.25) is 4.79 Å². The van der Waals surface area contributed by atoms with Gasteiger partial charge >= 0.3 is 0 Å². The molecule has 1 aromatic carbocycles. The number of nitrogens with one attached hydrogen (secondary N) is 2. The van der Waals surface area contributed by atoms with E-state index >= 15 is 0 Å². The quantitative estimate of drug-likeness (QED) is 0.369. The lowest BCUT2D eigenvalue weighted by molar-refractivity contribution is -0.191. The van der Waals surface area contributed by atoms with Gasteiger partial charge in [-0.25, -0.2) is 0 Å². The van der Waals surface area contributed by atoms with Crippen molar-refractivity contribution in [1.29, 1.82) is 0 Å². The molecular weight excluding hydrogens is 378 g/mol. The van der Waals surface area contributed by atoms with Crippen molar-refractivity contribution in [3.63, 3.8) is 0 Å². The van der Waals surface area contributed by atoms with E-state index < -0.39 is 17.7 Å². The summed E-state index contributed by atoms with van der Waals surface area (Å²) >= 11 is 0. The van der Waals surface area contributed by atoms with Crippen molar-refractivity contribution in [3.05, 3.63) is 41.7 Å². The summed E-state index contributed by atoms with van der Waals surface area (Å²) in [5.74, 6) is -0.0696. The molecule has 1 saturated heterocycles. The molecule has 6 nitrogen and oxygen atoms in total. The zero-order valence-electron chi connectivity index (χ0n) is 18.5. The van der Waals surface area contributed by atoms with Crippen LogP contribution in [0, 0.1) is 24.2 Å². The van der Waals surface area contributed by atoms with Gasteiger partial charge in [0.15, 0.2) is 0 Å². The molecule has 0 aromatic heterocycles. The number of carbonyl (C=O) groups is 1. The first kappa shape index (κ1) is 23.8. The van der Waals surface area contributed by atoms with Gasteiger partial charge in [-0.1, -0.05) is 45.7 Å². The molecular formula is C24H35N3O3. The van der Waals surface area contributed by atoms with Gasteiger partial charge in [0.1, 0.15) is 11.7 Å². The number of aliphatic hydroxyl groups is 2. The Labute approximate surface area is 180 Å². The van der Waals surface area contributed by atoms with Gasteiger partial charge in [-0.05, 0) is 49.0 Å². The third kappa shape index (κ3) is 6.25. The summed E-state index contributed by atoms with van der Waals surface area (Å²) in [5, 5.41) is 25.2. The zero-order valence-corrected chi connectivity index (χ0v) is 18.5. The van der Waals surface area contributed by atoms with Crippen molar-refractivity contribution in [2.24, 2.45) is 11.8 Å². The van der Waals surface area contributed by atoms with Crippen LogP contribution in [0.15, 0.2) is 36.2 Å². The van der Waals surface area contributed by atoms with Crippen molar-refractivity contribution in [2.45, 2.75) is 65.3 Å². The molecule has 0 saturated carbocycles. The highest BCUT2D eigenvalue weighted by molar-refractivity contribution is 5.83. The molecule has 2 rings (SSSR count). The van der Waals surface area contributed by atoms with E-state index in [0.29, 0.717) is 12.0 Å². The second kappa shape index (κ2) is 10.5. The van der Waals surface area contributed by atoms with Gasteiger partial charge in [0, 0.05) is 24.7 Å². The number of anilines is 1. The largest absolute Gasteiger partial charge is 0.355 e. The highest BCUT2D eigenvalue weighted by Gasteiger charge is 2.32. The highest BCUT2D eigenvalue weighted by atomic mass is 16.5. The van der Waals surface area contributed by atoms with Crippen LogP contribution >= 0.6 is 0 Å². The molecule has 1 aliphatic heterocycles. The SMILES string of the molecule is C#CC(/C=C(\Nc1ccc(CC)cc1)N1C[C@H](C)C[C@@H]1CC)C(=O)NC(O)(O)CC. The molecule has 1 fully saturated rings. The Hall–Kier alpha value is -2.49. The monoisotopic (exact) mass is 413 g/mol. The molecule has 1 unspecified atom stereocenters. The molecule has 30 heavy (non-hydrogen) atoms. The van der Waals surface area contributed by atoms with Crippen LogP contribution in [-0.4, -0.2) is 39.5 Å². The number of hydrogen-bond donors (Lipinski definition) is 4. The smallest absolute Gasteiger partial charge is 0.246 e.